The fourth-order valence-electron chi connectivity index (χ4n) is 2.02. The molecule has 1 amide bonds. The van der Waals surface area contributed by atoms with Gasteiger partial charge in [0.1, 0.15) is 0 Å². The van der Waals surface area contributed by atoms with E-state index in [4.69, 9.17) is 0 Å². The summed E-state index contributed by atoms with van der Waals surface area (Å²) in [4.78, 5) is 37.4. The van der Waals surface area contributed by atoms with Crippen molar-refractivity contribution in [2.75, 3.05) is 6.54 Å². The number of carbonyl (C=O) groups is 1. The smallest absolute Gasteiger partial charge is 0.285 e. The zero-order valence-corrected chi connectivity index (χ0v) is 12.3. The second-order valence-corrected chi connectivity index (χ2v) is 4.87. The number of hydrogen-bond donors (Lipinski definition) is 1. The van der Waals surface area contributed by atoms with Crippen LogP contribution in [0.25, 0.3) is 0 Å². The van der Waals surface area contributed by atoms with Crippen molar-refractivity contribution >= 4 is 11.6 Å². The lowest BCUT2D eigenvalue weighted by Gasteiger charge is -2.07. The SMILES string of the molecule is O=C(NCCCCn1cc([N+](=O)[O-])ccc1=O)c1ccncc1. The van der Waals surface area contributed by atoms with Gasteiger partial charge < -0.3 is 9.88 Å². The zero-order valence-electron chi connectivity index (χ0n) is 12.3. The molecule has 23 heavy (non-hydrogen) atoms. The molecule has 0 saturated heterocycles. The lowest BCUT2D eigenvalue weighted by atomic mass is 10.2. The normalized spacial score (nSPS) is 10.3. The van der Waals surface area contributed by atoms with Crippen molar-refractivity contribution in [3.05, 3.63) is 68.9 Å². The number of pyridine rings is 2. The van der Waals surface area contributed by atoms with Crippen LogP contribution >= 0.6 is 0 Å². The highest BCUT2D eigenvalue weighted by molar-refractivity contribution is 5.93. The van der Waals surface area contributed by atoms with Crippen molar-refractivity contribution in [1.29, 1.82) is 0 Å². The van der Waals surface area contributed by atoms with Gasteiger partial charge in [0.15, 0.2) is 0 Å². The Kier molecular flexibility index (Phi) is 5.56. The first kappa shape index (κ1) is 16.3. The van der Waals surface area contributed by atoms with Crippen LogP contribution in [0.1, 0.15) is 23.2 Å². The van der Waals surface area contributed by atoms with E-state index in [0.29, 0.717) is 31.5 Å². The van der Waals surface area contributed by atoms with Gasteiger partial charge in [-0.25, -0.2) is 0 Å². The molecule has 0 atom stereocenters. The van der Waals surface area contributed by atoms with Gasteiger partial charge >= 0.3 is 0 Å². The summed E-state index contributed by atoms with van der Waals surface area (Å²) in [6.45, 7) is 0.830. The Morgan fingerprint density at radius 1 is 1.22 bits per heavy atom. The Hall–Kier alpha value is -3.03. The molecular weight excluding hydrogens is 300 g/mol. The van der Waals surface area contributed by atoms with Gasteiger partial charge in [-0.05, 0) is 25.0 Å². The number of aromatic nitrogens is 2. The number of aryl methyl sites for hydroxylation is 1. The standard InChI is InChI=1S/C15H16N4O4/c20-14-4-3-13(19(22)23)11-18(14)10-2-1-7-17-15(21)12-5-8-16-9-6-12/h3-6,8-9,11H,1-2,7,10H2,(H,17,21). The maximum atomic E-state index is 11.8. The van der Waals surface area contributed by atoms with E-state index in [-0.39, 0.29) is 17.2 Å². The first-order valence-corrected chi connectivity index (χ1v) is 7.11. The predicted octanol–water partition coefficient (Wildman–Crippen LogP) is 1.36. The van der Waals surface area contributed by atoms with E-state index in [9.17, 15) is 19.7 Å². The van der Waals surface area contributed by atoms with Gasteiger partial charge in [0.2, 0.25) is 0 Å². The van der Waals surface area contributed by atoms with Gasteiger partial charge in [-0.1, -0.05) is 0 Å². The first-order chi connectivity index (χ1) is 11.1. The Morgan fingerprint density at radius 2 is 1.96 bits per heavy atom. The van der Waals surface area contributed by atoms with Crippen LogP contribution in [0.2, 0.25) is 0 Å². The Balaban J connectivity index is 1.78. The number of nitro groups is 1. The highest BCUT2D eigenvalue weighted by atomic mass is 16.6. The number of unbranched alkanes of at least 4 members (excludes halogenated alkanes) is 1. The third kappa shape index (κ3) is 4.73. The molecule has 2 heterocycles. The highest BCUT2D eigenvalue weighted by Crippen LogP contribution is 2.07. The van der Waals surface area contributed by atoms with Crippen molar-refractivity contribution in [3.63, 3.8) is 0 Å². The molecule has 0 aliphatic rings. The summed E-state index contributed by atoms with van der Waals surface area (Å²) in [5.41, 5.74) is 0.141. The lowest BCUT2D eigenvalue weighted by molar-refractivity contribution is -0.385. The van der Waals surface area contributed by atoms with Crippen molar-refractivity contribution in [2.45, 2.75) is 19.4 Å². The predicted molar refractivity (Wildman–Crippen MR) is 83.2 cm³/mol. The minimum Gasteiger partial charge on any atom is -0.352 e. The van der Waals surface area contributed by atoms with Crippen LogP contribution in [-0.2, 0) is 6.54 Å². The lowest BCUT2D eigenvalue weighted by Crippen LogP contribution is -2.25. The van der Waals surface area contributed by atoms with Crippen LogP contribution in [0.15, 0.2) is 47.7 Å². The van der Waals surface area contributed by atoms with Crippen molar-refractivity contribution in [1.82, 2.24) is 14.9 Å². The van der Waals surface area contributed by atoms with Crippen molar-refractivity contribution < 1.29 is 9.72 Å². The highest BCUT2D eigenvalue weighted by Gasteiger charge is 2.07. The monoisotopic (exact) mass is 316 g/mol. The average molecular weight is 316 g/mol. The van der Waals surface area contributed by atoms with Gasteiger partial charge in [-0.15, -0.1) is 0 Å². The summed E-state index contributed by atoms with van der Waals surface area (Å²) >= 11 is 0. The molecule has 0 radical (unpaired) electrons. The van der Waals surface area contributed by atoms with Crippen LogP contribution in [-0.4, -0.2) is 26.9 Å². The zero-order chi connectivity index (χ0) is 16.7. The van der Waals surface area contributed by atoms with E-state index in [1.165, 1.54) is 22.9 Å². The number of hydrogen-bond acceptors (Lipinski definition) is 5. The maximum absolute atomic E-state index is 11.8. The van der Waals surface area contributed by atoms with E-state index >= 15 is 0 Å². The molecule has 0 spiro atoms. The number of amides is 1. The Morgan fingerprint density at radius 3 is 2.65 bits per heavy atom. The molecule has 2 aromatic heterocycles. The average Bonchev–Trinajstić information content (AvgIpc) is 2.56. The minimum absolute atomic E-state index is 0.115. The third-order valence-electron chi connectivity index (χ3n) is 3.23. The topological polar surface area (TPSA) is 107 Å². The van der Waals surface area contributed by atoms with E-state index in [1.54, 1.807) is 24.5 Å². The molecular formula is C15H16N4O4. The molecule has 0 aliphatic heterocycles. The summed E-state index contributed by atoms with van der Waals surface area (Å²) < 4.78 is 1.31. The van der Waals surface area contributed by atoms with Gasteiger partial charge in [0.05, 0.1) is 11.1 Å². The molecule has 8 nitrogen and oxygen atoms in total. The summed E-state index contributed by atoms with van der Waals surface area (Å²) in [5, 5.41) is 13.5. The van der Waals surface area contributed by atoms with Crippen LogP contribution in [0.3, 0.4) is 0 Å². The van der Waals surface area contributed by atoms with Crippen molar-refractivity contribution in [2.24, 2.45) is 0 Å². The minimum atomic E-state index is -0.537. The van der Waals surface area contributed by atoms with Crippen LogP contribution in [0.4, 0.5) is 5.69 Å². The molecule has 0 bridgehead atoms. The molecule has 8 heteroatoms. The summed E-state index contributed by atoms with van der Waals surface area (Å²) in [7, 11) is 0. The van der Waals surface area contributed by atoms with Crippen LogP contribution in [0.5, 0.6) is 0 Å². The molecule has 2 rings (SSSR count). The first-order valence-electron chi connectivity index (χ1n) is 7.11. The molecule has 0 aromatic carbocycles. The van der Waals surface area contributed by atoms with Crippen LogP contribution < -0.4 is 10.9 Å². The largest absolute Gasteiger partial charge is 0.352 e. The fourth-order valence-corrected chi connectivity index (χ4v) is 2.02. The Labute approximate surface area is 131 Å². The molecule has 0 saturated carbocycles. The van der Waals surface area contributed by atoms with E-state index < -0.39 is 4.92 Å². The van der Waals surface area contributed by atoms with Gasteiger partial charge in [0.25, 0.3) is 17.2 Å². The van der Waals surface area contributed by atoms with E-state index in [2.05, 4.69) is 10.3 Å². The summed E-state index contributed by atoms with van der Waals surface area (Å²) in [6, 6.07) is 5.62. The van der Waals surface area contributed by atoms with E-state index in [1.807, 2.05) is 0 Å². The van der Waals surface area contributed by atoms with Crippen LogP contribution in [0, 0.1) is 10.1 Å². The van der Waals surface area contributed by atoms with Gasteiger partial charge in [-0.3, -0.25) is 24.7 Å². The quantitative estimate of drug-likeness (QED) is 0.471. The number of carbonyl (C=O) groups excluding carboxylic acids is 1. The second kappa shape index (κ2) is 7.83. The Bertz CT molecular complexity index is 743. The third-order valence-corrected chi connectivity index (χ3v) is 3.23. The van der Waals surface area contributed by atoms with Gasteiger partial charge in [-0.2, -0.15) is 0 Å². The molecule has 120 valence electrons. The molecule has 0 unspecified atom stereocenters. The number of rotatable bonds is 7. The maximum Gasteiger partial charge on any atom is 0.285 e. The summed E-state index contributed by atoms with van der Waals surface area (Å²) in [6.07, 6.45) is 5.61. The summed E-state index contributed by atoms with van der Waals surface area (Å²) in [5.74, 6) is -0.181. The van der Waals surface area contributed by atoms with Gasteiger partial charge in [0, 0.05) is 43.2 Å². The van der Waals surface area contributed by atoms with E-state index in [0.717, 1.165) is 0 Å². The molecule has 2 aromatic rings. The second-order valence-electron chi connectivity index (χ2n) is 4.87. The number of nitrogens with one attached hydrogen (secondary N) is 1. The fraction of sp³-hybridized carbons (Fsp3) is 0.267. The molecule has 0 fully saturated rings. The molecule has 0 aliphatic carbocycles. The molecule has 1 N–H and O–H groups in total. The number of nitrogens with zero attached hydrogens (tertiary/aromatic N) is 3. The van der Waals surface area contributed by atoms with Crippen molar-refractivity contribution in [3.8, 4) is 0 Å².